The minimum absolute atomic E-state index is 0.00246. The lowest BCUT2D eigenvalue weighted by Gasteiger charge is -2.39. The lowest BCUT2D eigenvalue weighted by molar-refractivity contribution is -0.147. The monoisotopic (exact) mass is 398 g/mol. The molecule has 1 unspecified atom stereocenters. The van der Waals surface area contributed by atoms with Gasteiger partial charge in [-0.2, -0.15) is 0 Å². The Kier molecular flexibility index (Phi) is 6.18. The van der Waals surface area contributed by atoms with Crippen LogP contribution in [0.1, 0.15) is 45.9 Å². The number of carbonyl (C=O) groups excluding carboxylic acids is 1. The molecule has 0 saturated carbocycles. The lowest BCUT2D eigenvalue weighted by Crippen LogP contribution is -2.46. The van der Waals surface area contributed by atoms with Crippen molar-refractivity contribution in [2.24, 2.45) is 0 Å². The van der Waals surface area contributed by atoms with Gasteiger partial charge in [0, 0.05) is 25.1 Å². The number of nitrogens with zero attached hydrogens (tertiary/aromatic N) is 1. The molecule has 152 valence electrons. The second-order valence-corrected chi connectivity index (χ2v) is 13.3. The van der Waals surface area contributed by atoms with Crippen LogP contribution < -0.4 is 11.2 Å². The van der Waals surface area contributed by atoms with Gasteiger partial charge in [0.05, 0.1) is 6.10 Å². The highest BCUT2D eigenvalue weighted by atomic mass is 28.4. The van der Waals surface area contributed by atoms with Crippen LogP contribution in [0, 0.1) is 6.92 Å². The third-order valence-corrected chi connectivity index (χ3v) is 9.84. The number of aryl methyl sites for hydroxylation is 1. The van der Waals surface area contributed by atoms with Gasteiger partial charge in [-0.25, -0.2) is 4.79 Å². The van der Waals surface area contributed by atoms with E-state index >= 15 is 0 Å². The van der Waals surface area contributed by atoms with Gasteiger partial charge in [0.2, 0.25) is 0 Å². The Hall–Kier alpha value is -1.71. The molecule has 9 heteroatoms. The van der Waals surface area contributed by atoms with Gasteiger partial charge < -0.3 is 13.9 Å². The molecule has 1 N–H and O–H groups in total. The van der Waals surface area contributed by atoms with E-state index in [9.17, 15) is 14.4 Å². The van der Waals surface area contributed by atoms with E-state index in [1.165, 1.54) is 17.7 Å². The van der Waals surface area contributed by atoms with Crippen molar-refractivity contribution in [1.29, 1.82) is 0 Å². The molecule has 1 aromatic heterocycles. The maximum atomic E-state index is 12.2. The Labute approximate surface area is 160 Å². The van der Waals surface area contributed by atoms with Crippen LogP contribution in [0.2, 0.25) is 18.1 Å². The van der Waals surface area contributed by atoms with Crippen molar-refractivity contribution in [1.82, 2.24) is 9.55 Å². The SMILES string of the molecule is CC(=O)OC[C@@H]1O[C@H](n2cc(C)c(=O)[nH]c2=O)CC1O[Si](C)(C)C(C)(C)C. The van der Waals surface area contributed by atoms with E-state index < -0.39 is 37.9 Å². The number of hydrogen-bond acceptors (Lipinski definition) is 6. The Morgan fingerprint density at radius 1 is 1.37 bits per heavy atom. The topological polar surface area (TPSA) is 99.6 Å². The van der Waals surface area contributed by atoms with Crippen LogP contribution in [0.5, 0.6) is 0 Å². The molecule has 3 atom stereocenters. The van der Waals surface area contributed by atoms with Crippen LogP contribution in [-0.4, -0.2) is 42.7 Å². The van der Waals surface area contributed by atoms with Gasteiger partial charge in [-0.3, -0.25) is 19.1 Å². The van der Waals surface area contributed by atoms with Gasteiger partial charge in [-0.1, -0.05) is 20.8 Å². The number of rotatable bonds is 5. The van der Waals surface area contributed by atoms with Crippen LogP contribution in [0.25, 0.3) is 0 Å². The third kappa shape index (κ3) is 4.97. The number of aromatic nitrogens is 2. The number of esters is 1. The highest BCUT2D eigenvalue weighted by Crippen LogP contribution is 2.40. The summed E-state index contributed by atoms with van der Waals surface area (Å²) < 4.78 is 19.0. The number of carbonyl (C=O) groups is 1. The average molecular weight is 399 g/mol. The maximum absolute atomic E-state index is 12.2. The number of ether oxygens (including phenoxy) is 2. The lowest BCUT2D eigenvalue weighted by atomic mass is 10.2. The Morgan fingerprint density at radius 3 is 2.56 bits per heavy atom. The average Bonchev–Trinajstić information content (AvgIpc) is 2.89. The maximum Gasteiger partial charge on any atom is 0.330 e. The van der Waals surface area contributed by atoms with Crippen molar-refractivity contribution in [3.63, 3.8) is 0 Å². The zero-order chi connectivity index (χ0) is 20.6. The molecule has 2 heterocycles. The standard InChI is InChI=1S/C18H30N2O6Si/c1-11-9-20(17(23)19-16(11)22)15-8-13(14(25-15)10-24-12(2)21)26-27(6,7)18(3,4)5/h9,13-15H,8,10H2,1-7H3,(H,19,22,23)/t13?,14-,15-/m0/s1. The molecule has 0 aromatic carbocycles. The van der Waals surface area contributed by atoms with Crippen LogP contribution >= 0.6 is 0 Å². The fourth-order valence-electron chi connectivity index (χ4n) is 2.70. The molecule has 1 fully saturated rings. The summed E-state index contributed by atoms with van der Waals surface area (Å²) in [5.74, 6) is -0.398. The second-order valence-electron chi connectivity index (χ2n) is 8.56. The van der Waals surface area contributed by atoms with E-state index in [1.54, 1.807) is 6.92 Å². The van der Waals surface area contributed by atoms with E-state index in [0.29, 0.717) is 12.0 Å². The van der Waals surface area contributed by atoms with Gasteiger partial charge >= 0.3 is 11.7 Å². The highest BCUT2D eigenvalue weighted by Gasteiger charge is 2.45. The molecular weight excluding hydrogens is 368 g/mol. The van der Waals surface area contributed by atoms with Crippen LogP contribution in [0.15, 0.2) is 15.8 Å². The summed E-state index contributed by atoms with van der Waals surface area (Å²) in [5, 5.41) is 0.00246. The van der Waals surface area contributed by atoms with Crippen molar-refractivity contribution < 1.29 is 18.7 Å². The fourth-order valence-corrected chi connectivity index (χ4v) is 4.06. The van der Waals surface area contributed by atoms with E-state index in [4.69, 9.17) is 13.9 Å². The van der Waals surface area contributed by atoms with E-state index in [2.05, 4.69) is 38.8 Å². The minimum Gasteiger partial charge on any atom is -0.463 e. The zero-order valence-corrected chi connectivity index (χ0v) is 18.1. The van der Waals surface area contributed by atoms with Gasteiger partial charge in [-0.05, 0) is 25.1 Å². The van der Waals surface area contributed by atoms with Crippen molar-refractivity contribution in [3.8, 4) is 0 Å². The third-order valence-electron chi connectivity index (χ3n) is 5.34. The number of hydrogen-bond donors (Lipinski definition) is 1. The smallest absolute Gasteiger partial charge is 0.330 e. The summed E-state index contributed by atoms with van der Waals surface area (Å²) in [4.78, 5) is 37.4. The molecule has 0 radical (unpaired) electrons. The number of nitrogens with one attached hydrogen (secondary N) is 1. The van der Waals surface area contributed by atoms with Crippen LogP contribution in [0.4, 0.5) is 0 Å². The summed E-state index contributed by atoms with van der Waals surface area (Å²) in [6, 6.07) is 0. The zero-order valence-electron chi connectivity index (χ0n) is 17.1. The summed E-state index contributed by atoms with van der Waals surface area (Å²) in [6.45, 7) is 13.7. The summed E-state index contributed by atoms with van der Waals surface area (Å²) in [6.07, 6.45) is 0.540. The largest absolute Gasteiger partial charge is 0.463 e. The molecule has 1 aliphatic heterocycles. The number of H-pyrrole nitrogens is 1. The predicted molar refractivity (Wildman–Crippen MR) is 103 cm³/mol. The summed E-state index contributed by atoms with van der Waals surface area (Å²) in [5.41, 5.74) is -0.530. The molecule has 1 aliphatic rings. The summed E-state index contributed by atoms with van der Waals surface area (Å²) >= 11 is 0. The molecule has 1 saturated heterocycles. The Morgan fingerprint density at radius 2 is 2.00 bits per heavy atom. The predicted octanol–water partition coefficient (Wildman–Crippen LogP) is 2.09. The minimum atomic E-state index is -2.10. The van der Waals surface area contributed by atoms with E-state index in [-0.39, 0.29) is 17.7 Å². The van der Waals surface area contributed by atoms with Crippen molar-refractivity contribution in [2.75, 3.05) is 6.61 Å². The molecule has 1 aromatic rings. The van der Waals surface area contributed by atoms with Gasteiger partial charge in [0.25, 0.3) is 5.56 Å². The summed E-state index contributed by atoms with van der Waals surface area (Å²) in [7, 11) is -2.10. The van der Waals surface area contributed by atoms with E-state index in [0.717, 1.165) is 0 Å². The van der Waals surface area contributed by atoms with Crippen LogP contribution in [-0.2, 0) is 18.7 Å². The van der Waals surface area contributed by atoms with Gasteiger partial charge in [-0.15, -0.1) is 0 Å². The molecule has 0 spiro atoms. The normalized spacial score (nSPS) is 23.4. The van der Waals surface area contributed by atoms with Crippen LogP contribution in [0.3, 0.4) is 0 Å². The first-order chi connectivity index (χ1) is 12.3. The molecular formula is C18H30N2O6Si. The van der Waals surface area contributed by atoms with E-state index in [1.807, 2.05) is 0 Å². The first-order valence-corrected chi connectivity index (χ1v) is 12.0. The molecule has 0 amide bonds. The van der Waals surface area contributed by atoms with Crippen molar-refractivity contribution >= 4 is 14.3 Å². The highest BCUT2D eigenvalue weighted by molar-refractivity contribution is 6.74. The molecule has 2 rings (SSSR count). The Bertz CT molecular complexity index is 807. The Balaban J connectivity index is 2.29. The quantitative estimate of drug-likeness (QED) is 0.602. The fraction of sp³-hybridized carbons (Fsp3) is 0.722. The van der Waals surface area contributed by atoms with Crippen molar-refractivity contribution in [2.45, 2.75) is 77.6 Å². The number of aromatic amines is 1. The van der Waals surface area contributed by atoms with Gasteiger partial charge in [0.15, 0.2) is 8.32 Å². The molecule has 8 nitrogen and oxygen atoms in total. The second kappa shape index (κ2) is 7.73. The molecule has 0 bridgehead atoms. The molecule has 27 heavy (non-hydrogen) atoms. The first-order valence-electron chi connectivity index (χ1n) is 9.10. The first kappa shape index (κ1) is 21.6. The van der Waals surface area contributed by atoms with Crippen molar-refractivity contribution in [3.05, 3.63) is 32.6 Å². The van der Waals surface area contributed by atoms with Gasteiger partial charge in [0.1, 0.15) is 18.9 Å². The molecule has 0 aliphatic carbocycles.